The maximum Gasteiger partial charge on any atom is 0.338 e. The predicted octanol–water partition coefficient (Wildman–Crippen LogP) is 2.20. The van der Waals surface area contributed by atoms with Crippen LogP contribution in [0.25, 0.3) is 0 Å². The molecule has 2 N–H and O–H groups in total. The molecule has 0 spiro atoms. The Morgan fingerprint density at radius 3 is 1.79 bits per heavy atom. The lowest BCUT2D eigenvalue weighted by Gasteiger charge is -2.08. The van der Waals surface area contributed by atoms with Gasteiger partial charge in [-0.25, -0.2) is 4.79 Å². The normalized spacial score (nSPS) is 11.2. The molecule has 0 heterocycles. The van der Waals surface area contributed by atoms with E-state index in [9.17, 15) is 18.6 Å². The molecule has 0 saturated heterocycles. The van der Waals surface area contributed by atoms with Crippen LogP contribution in [-0.2, 0) is 25.1 Å². The van der Waals surface area contributed by atoms with Crippen LogP contribution >= 0.6 is 0 Å². The minimum Gasteiger partial charge on any atom is -0.497 e. The van der Waals surface area contributed by atoms with Gasteiger partial charge < -0.3 is 20.1 Å². The van der Waals surface area contributed by atoms with E-state index in [4.69, 9.17) is 9.47 Å². The van der Waals surface area contributed by atoms with Crippen LogP contribution in [-0.4, -0.2) is 47.2 Å². The Kier molecular flexibility index (Phi) is 8.35. The molecular weight excluding hydrogens is 396 g/mol. The molecule has 29 heavy (non-hydrogen) atoms. The Labute approximate surface area is 171 Å². The van der Waals surface area contributed by atoms with Crippen molar-refractivity contribution in [2.45, 2.75) is 6.92 Å². The van der Waals surface area contributed by atoms with E-state index in [2.05, 4.69) is 10.6 Å². The van der Waals surface area contributed by atoms with Crippen LogP contribution in [0.1, 0.15) is 17.3 Å². The smallest absolute Gasteiger partial charge is 0.338 e. The van der Waals surface area contributed by atoms with Gasteiger partial charge in [-0.1, -0.05) is 0 Å². The summed E-state index contributed by atoms with van der Waals surface area (Å²) in [5, 5.41) is 5.19. The Morgan fingerprint density at radius 1 is 0.862 bits per heavy atom. The van der Waals surface area contributed by atoms with Gasteiger partial charge in [-0.15, -0.1) is 0 Å². The Morgan fingerprint density at radius 2 is 1.34 bits per heavy atom. The fourth-order valence-corrected chi connectivity index (χ4v) is 3.15. The number of hydrogen-bond donors (Lipinski definition) is 2. The van der Waals surface area contributed by atoms with Gasteiger partial charge in [0.05, 0.1) is 19.3 Å². The zero-order valence-corrected chi connectivity index (χ0v) is 16.9. The first kappa shape index (κ1) is 22.1. The molecule has 0 aromatic heterocycles. The van der Waals surface area contributed by atoms with Crippen LogP contribution in [0.3, 0.4) is 0 Å². The fourth-order valence-electron chi connectivity index (χ4n) is 2.32. The van der Waals surface area contributed by atoms with E-state index in [0.717, 1.165) is 0 Å². The number of ether oxygens (including phenoxy) is 2. The van der Waals surface area contributed by atoms with Gasteiger partial charge in [0.1, 0.15) is 17.3 Å². The number of anilines is 2. The molecule has 0 unspecified atom stereocenters. The zero-order valence-electron chi connectivity index (χ0n) is 16.1. The highest BCUT2D eigenvalue weighted by Gasteiger charge is 2.13. The molecular formula is C20H22N2O6S. The van der Waals surface area contributed by atoms with Crippen molar-refractivity contribution in [2.24, 2.45) is 0 Å². The van der Waals surface area contributed by atoms with Gasteiger partial charge in [0.25, 0.3) is 0 Å². The summed E-state index contributed by atoms with van der Waals surface area (Å²) >= 11 is 0. The fraction of sp³-hybridized carbons (Fsp3) is 0.250. The molecule has 0 aliphatic rings. The molecule has 2 rings (SSSR count). The summed E-state index contributed by atoms with van der Waals surface area (Å²) in [7, 11) is -0.133. The highest BCUT2D eigenvalue weighted by Crippen LogP contribution is 2.15. The average Bonchev–Trinajstić information content (AvgIpc) is 2.69. The molecule has 0 aliphatic heterocycles. The summed E-state index contributed by atoms with van der Waals surface area (Å²) in [6.07, 6.45) is 0. The molecule has 2 amide bonds. The number of amides is 2. The van der Waals surface area contributed by atoms with E-state index in [1.54, 1.807) is 43.3 Å². The largest absolute Gasteiger partial charge is 0.497 e. The minimum atomic E-state index is -1.67. The Bertz CT molecular complexity index is 881. The van der Waals surface area contributed by atoms with Crippen LogP contribution in [0.5, 0.6) is 5.75 Å². The predicted molar refractivity (Wildman–Crippen MR) is 111 cm³/mol. The highest BCUT2D eigenvalue weighted by atomic mass is 32.2. The quantitative estimate of drug-likeness (QED) is 0.604. The third-order valence-electron chi connectivity index (χ3n) is 3.64. The standard InChI is InChI=1S/C20H22N2O6S/c1-3-28-20(25)14-4-6-15(7-5-14)21-18(23)12-29(26)13-19(24)22-16-8-10-17(27-2)11-9-16/h4-11H,3,12-13H2,1-2H3,(H,21,23)(H,22,24)/t29-/m0/s1. The minimum absolute atomic E-state index is 0.273. The molecule has 0 aliphatic carbocycles. The van der Waals surface area contributed by atoms with Crippen LogP contribution in [0.4, 0.5) is 11.4 Å². The number of nitrogens with one attached hydrogen (secondary N) is 2. The van der Waals surface area contributed by atoms with Crippen molar-refractivity contribution in [1.29, 1.82) is 0 Å². The lowest BCUT2D eigenvalue weighted by atomic mass is 10.2. The van der Waals surface area contributed by atoms with Crippen molar-refractivity contribution in [2.75, 3.05) is 35.9 Å². The van der Waals surface area contributed by atoms with Gasteiger partial charge in [-0.2, -0.15) is 0 Å². The highest BCUT2D eigenvalue weighted by molar-refractivity contribution is 7.86. The maximum absolute atomic E-state index is 12.1. The molecule has 1 atom stereocenters. The van der Waals surface area contributed by atoms with E-state index >= 15 is 0 Å². The number of carbonyl (C=O) groups is 3. The van der Waals surface area contributed by atoms with E-state index < -0.39 is 28.6 Å². The number of methoxy groups -OCH3 is 1. The first-order chi connectivity index (χ1) is 13.9. The van der Waals surface area contributed by atoms with Crippen LogP contribution in [0, 0.1) is 0 Å². The summed E-state index contributed by atoms with van der Waals surface area (Å²) in [5.74, 6) is -1.38. The lowest BCUT2D eigenvalue weighted by Crippen LogP contribution is -2.26. The molecule has 2 aromatic rings. The molecule has 0 saturated carbocycles. The van der Waals surface area contributed by atoms with Crippen molar-refractivity contribution < 1.29 is 28.1 Å². The van der Waals surface area contributed by atoms with E-state index in [1.165, 1.54) is 19.2 Å². The van der Waals surface area contributed by atoms with Crippen LogP contribution < -0.4 is 15.4 Å². The van der Waals surface area contributed by atoms with Crippen molar-refractivity contribution in [3.63, 3.8) is 0 Å². The zero-order chi connectivity index (χ0) is 21.2. The first-order valence-electron chi connectivity index (χ1n) is 8.77. The summed E-state index contributed by atoms with van der Waals surface area (Å²) in [6.45, 7) is 1.99. The SMILES string of the molecule is CCOC(=O)c1ccc(NC(=O)C[S@](=O)CC(=O)Nc2ccc(OC)cc2)cc1. The van der Waals surface area contributed by atoms with Gasteiger partial charge in [-0.3, -0.25) is 13.8 Å². The number of benzene rings is 2. The third-order valence-corrected chi connectivity index (χ3v) is 4.81. The van der Waals surface area contributed by atoms with Gasteiger partial charge >= 0.3 is 5.97 Å². The van der Waals surface area contributed by atoms with Gasteiger partial charge in [0.2, 0.25) is 11.8 Å². The molecule has 154 valence electrons. The topological polar surface area (TPSA) is 111 Å². The third kappa shape index (κ3) is 7.38. The second-order valence-electron chi connectivity index (χ2n) is 5.85. The number of esters is 1. The van der Waals surface area contributed by atoms with Crippen molar-refractivity contribution in [1.82, 2.24) is 0 Å². The molecule has 9 heteroatoms. The van der Waals surface area contributed by atoms with Crippen molar-refractivity contribution in [3.8, 4) is 5.75 Å². The van der Waals surface area contributed by atoms with Gasteiger partial charge in [0.15, 0.2) is 0 Å². The summed E-state index contributed by atoms with van der Waals surface area (Å²) < 4.78 is 22.0. The summed E-state index contributed by atoms with van der Waals surface area (Å²) in [6, 6.07) is 12.8. The Hall–Kier alpha value is -3.20. The number of rotatable bonds is 9. The number of carbonyl (C=O) groups excluding carboxylic acids is 3. The van der Waals surface area contributed by atoms with Crippen LogP contribution in [0.15, 0.2) is 48.5 Å². The van der Waals surface area contributed by atoms with Crippen LogP contribution in [0.2, 0.25) is 0 Å². The monoisotopic (exact) mass is 418 g/mol. The van der Waals surface area contributed by atoms with E-state index in [0.29, 0.717) is 22.7 Å². The first-order valence-corrected chi connectivity index (χ1v) is 10.3. The number of hydrogen-bond acceptors (Lipinski definition) is 6. The van der Waals surface area contributed by atoms with Gasteiger partial charge in [0, 0.05) is 22.2 Å². The molecule has 2 aromatic carbocycles. The molecule has 0 radical (unpaired) electrons. The molecule has 8 nitrogen and oxygen atoms in total. The summed E-state index contributed by atoms with van der Waals surface area (Å²) in [4.78, 5) is 35.6. The second-order valence-corrected chi connectivity index (χ2v) is 7.31. The molecule has 0 bridgehead atoms. The molecule has 0 fully saturated rings. The summed E-state index contributed by atoms with van der Waals surface area (Å²) in [5.41, 5.74) is 1.35. The van der Waals surface area contributed by atoms with E-state index in [1.807, 2.05) is 0 Å². The Balaban J connectivity index is 1.79. The lowest BCUT2D eigenvalue weighted by molar-refractivity contribution is -0.114. The van der Waals surface area contributed by atoms with Crippen molar-refractivity contribution in [3.05, 3.63) is 54.1 Å². The van der Waals surface area contributed by atoms with Crippen molar-refractivity contribution >= 4 is 40.0 Å². The van der Waals surface area contributed by atoms with Gasteiger partial charge in [-0.05, 0) is 55.5 Å². The average molecular weight is 418 g/mol. The van der Waals surface area contributed by atoms with E-state index in [-0.39, 0.29) is 18.1 Å². The second kappa shape index (κ2) is 11.0. The maximum atomic E-state index is 12.1.